The molecule has 28 heavy (non-hydrogen) atoms. The molecule has 2 heterocycles. The number of carbonyl (C=O) groups is 2. The largest absolute Gasteiger partial charge is 0.467 e. The summed E-state index contributed by atoms with van der Waals surface area (Å²) >= 11 is 0. The summed E-state index contributed by atoms with van der Waals surface area (Å²) in [6.45, 7) is 8.07. The number of benzene rings is 1. The van der Waals surface area contributed by atoms with Crippen LogP contribution in [0.2, 0.25) is 0 Å². The third-order valence-electron chi connectivity index (χ3n) is 4.96. The third-order valence-corrected chi connectivity index (χ3v) is 4.96. The van der Waals surface area contributed by atoms with Gasteiger partial charge in [0, 0.05) is 6.54 Å². The number of likely N-dealkylation sites (tertiary alicyclic amines) is 1. The van der Waals surface area contributed by atoms with Gasteiger partial charge in [0.15, 0.2) is 0 Å². The minimum absolute atomic E-state index is 0.00816. The molecule has 1 aliphatic heterocycles. The van der Waals surface area contributed by atoms with Crippen LogP contribution in [0, 0.1) is 5.92 Å². The van der Waals surface area contributed by atoms with E-state index in [9.17, 15) is 9.59 Å². The number of hydrogen-bond acceptors (Lipinski definition) is 4. The summed E-state index contributed by atoms with van der Waals surface area (Å²) in [5.74, 6) is 0.164. The molecule has 1 aromatic carbocycles. The fourth-order valence-corrected chi connectivity index (χ4v) is 3.60. The lowest BCUT2D eigenvalue weighted by atomic mass is 9.96. The average Bonchev–Trinajstić information content (AvgIpc) is 3.28. The number of rotatable bonds is 5. The monoisotopic (exact) mass is 384 g/mol. The van der Waals surface area contributed by atoms with Gasteiger partial charge < -0.3 is 19.4 Å². The van der Waals surface area contributed by atoms with Crippen molar-refractivity contribution in [1.82, 2.24) is 10.2 Å². The molecule has 3 atom stereocenters. The highest BCUT2D eigenvalue weighted by Gasteiger charge is 2.42. The van der Waals surface area contributed by atoms with Crippen LogP contribution in [-0.4, -0.2) is 29.0 Å². The van der Waals surface area contributed by atoms with Gasteiger partial charge in [-0.05, 0) is 51.8 Å². The topological polar surface area (TPSA) is 71.8 Å². The van der Waals surface area contributed by atoms with Gasteiger partial charge in [-0.15, -0.1) is 0 Å². The van der Waals surface area contributed by atoms with E-state index in [1.165, 1.54) is 0 Å². The fourth-order valence-electron chi connectivity index (χ4n) is 3.60. The maximum atomic E-state index is 13.2. The Morgan fingerprint density at radius 1 is 1.21 bits per heavy atom. The minimum atomic E-state index is -0.620. The van der Waals surface area contributed by atoms with E-state index in [0.29, 0.717) is 18.7 Å². The van der Waals surface area contributed by atoms with Gasteiger partial charge in [0.2, 0.25) is 5.91 Å². The quantitative estimate of drug-likeness (QED) is 0.826. The van der Waals surface area contributed by atoms with Crippen LogP contribution in [0.1, 0.15) is 57.5 Å². The number of amides is 2. The molecule has 6 heteroatoms. The molecule has 6 nitrogen and oxygen atoms in total. The molecule has 0 spiro atoms. The average molecular weight is 384 g/mol. The summed E-state index contributed by atoms with van der Waals surface area (Å²) < 4.78 is 10.9. The molecule has 0 saturated carbocycles. The molecule has 1 unspecified atom stereocenters. The van der Waals surface area contributed by atoms with Crippen molar-refractivity contribution in [3.05, 3.63) is 60.1 Å². The first-order chi connectivity index (χ1) is 13.3. The lowest BCUT2D eigenvalue weighted by Gasteiger charge is -2.28. The molecule has 2 amide bonds. The van der Waals surface area contributed by atoms with E-state index >= 15 is 0 Å². The van der Waals surface area contributed by atoms with E-state index in [0.717, 1.165) is 5.56 Å². The van der Waals surface area contributed by atoms with Gasteiger partial charge >= 0.3 is 6.09 Å². The van der Waals surface area contributed by atoms with Crippen LogP contribution in [0.15, 0.2) is 53.1 Å². The number of ether oxygens (including phenoxy) is 1. The number of nitrogens with one attached hydrogen (secondary N) is 1. The lowest BCUT2D eigenvalue weighted by Crippen LogP contribution is -2.40. The number of nitrogens with zero attached hydrogens (tertiary/aromatic N) is 1. The van der Waals surface area contributed by atoms with Crippen molar-refractivity contribution in [2.45, 2.75) is 51.8 Å². The van der Waals surface area contributed by atoms with Crippen molar-refractivity contribution in [2.75, 3.05) is 6.54 Å². The molecule has 2 aromatic rings. The summed E-state index contributed by atoms with van der Waals surface area (Å²) in [6, 6.07) is 12.9. The van der Waals surface area contributed by atoms with Crippen molar-refractivity contribution in [2.24, 2.45) is 5.92 Å². The Balaban J connectivity index is 1.78. The molecule has 1 fully saturated rings. The Morgan fingerprint density at radius 3 is 2.54 bits per heavy atom. The molecule has 1 aliphatic rings. The van der Waals surface area contributed by atoms with Crippen LogP contribution in [0.4, 0.5) is 4.79 Å². The normalized spacial score (nSPS) is 19.4. The van der Waals surface area contributed by atoms with Crippen LogP contribution in [0.5, 0.6) is 0 Å². The molecule has 0 aliphatic carbocycles. The van der Waals surface area contributed by atoms with Gasteiger partial charge in [-0.25, -0.2) is 4.79 Å². The lowest BCUT2D eigenvalue weighted by molar-refractivity contribution is -0.133. The van der Waals surface area contributed by atoms with Crippen LogP contribution < -0.4 is 5.32 Å². The third kappa shape index (κ3) is 4.55. The van der Waals surface area contributed by atoms with E-state index in [1.807, 2.05) is 42.2 Å². The van der Waals surface area contributed by atoms with Crippen molar-refractivity contribution in [3.8, 4) is 0 Å². The predicted molar refractivity (Wildman–Crippen MR) is 105 cm³/mol. The maximum Gasteiger partial charge on any atom is 0.408 e. The second-order valence-electron chi connectivity index (χ2n) is 8.15. The summed E-state index contributed by atoms with van der Waals surface area (Å²) in [7, 11) is 0. The Morgan fingerprint density at radius 2 is 1.93 bits per heavy atom. The van der Waals surface area contributed by atoms with Gasteiger partial charge in [0.25, 0.3) is 0 Å². The highest BCUT2D eigenvalue weighted by molar-refractivity contribution is 5.83. The van der Waals surface area contributed by atoms with Crippen LogP contribution in [-0.2, 0) is 9.53 Å². The summed E-state index contributed by atoms with van der Waals surface area (Å²) in [5, 5.41) is 2.85. The maximum absolute atomic E-state index is 13.2. The molecular formula is C22H28N2O4. The summed E-state index contributed by atoms with van der Waals surface area (Å²) in [5.41, 5.74) is 0.469. The zero-order chi connectivity index (χ0) is 20.3. The molecule has 0 bridgehead atoms. The molecule has 1 N–H and O–H groups in total. The van der Waals surface area contributed by atoms with E-state index in [4.69, 9.17) is 9.15 Å². The van der Waals surface area contributed by atoms with Crippen molar-refractivity contribution >= 4 is 12.0 Å². The Labute approximate surface area is 165 Å². The second-order valence-corrected chi connectivity index (χ2v) is 8.15. The minimum Gasteiger partial charge on any atom is -0.467 e. The number of carbonyl (C=O) groups excluding carboxylic acids is 2. The number of furan rings is 1. The molecule has 1 aromatic heterocycles. The van der Waals surface area contributed by atoms with Crippen LogP contribution in [0.3, 0.4) is 0 Å². The van der Waals surface area contributed by atoms with E-state index in [2.05, 4.69) is 5.32 Å². The zero-order valence-electron chi connectivity index (χ0n) is 16.8. The van der Waals surface area contributed by atoms with Crippen molar-refractivity contribution in [1.29, 1.82) is 0 Å². The SMILES string of the molecule is C[C@H](c1ccccc1)N1CC[C@H](C(NC(=O)OC(C)(C)C)c2ccco2)C1=O. The van der Waals surface area contributed by atoms with Gasteiger partial charge in [-0.2, -0.15) is 0 Å². The Bertz CT molecular complexity index is 796. The first-order valence-electron chi connectivity index (χ1n) is 9.64. The molecule has 3 rings (SSSR count). The molecular weight excluding hydrogens is 356 g/mol. The van der Waals surface area contributed by atoms with E-state index in [1.54, 1.807) is 39.2 Å². The molecule has 0 radical (unpaired) electrons. The van der Waals surface area contributed by atoms with Gasteiger partial charge in [0.05, 0.1) is 18.2 Å². The number of hydrogen-bond donors (Lipinski definition) is 1. The Hall–Kier alpha value is -2.76. The smallest absolute Gasteiger partial charge is 0.408 e. The first-order valence-corrected chi connectivity index (χ1v) is 9.64. The zero-order valence-corrected chi connectivity index (χ0v) is 16.8. The standard InChI is InChI=1S/C22H28N2O4/c1-15(16-9-6-5-7-10-16)24-13-12-17(20(24)25)19(18-11-8-14-27-18)23-21(26)28-22(2,3)4/h5-11,14-15,17,19H,12-13H2,1-4H3,(H,23,26)/t15-,17-,19?/m1/s1. The predicted octanol–water partition coefficient (Wildman–Crippen LogP) is 4.46. The molecule has 150 valence electrons. The fraction of sp³-hybridized carbons (Fsp3) is 0.455. The van der Waals surface area contributed by atoms with Gasteiger partial charge in [-0.3, -0.25) is 4.79 Å². The van der Waals surface area contributed by atoms with E-state index < -0.39 is 23.7 Å². The van der Waals surface area contributed by atoms with Crippen molar-refractivity contribution in [3.63, 3.8) is 0 Å². The highest BCUT2D eigenvalue weighted by Crippen LogP contribution is 2.36. The van der Waals surface area contributed by atoms with Crippen LogP contribution >= 0.6 is 0 Å². The number of alkyl carbamates (subject to hydrolysis) is 1. The van der Waals surface area contributed by atoms with Gasteiger partial charge in [0.1, 0.15) is 17.4 Å². The first kappa shape index (κ1) is 20.0. The van der Waals surface area contributed by atoms with Gasteiger partial charge in [-0.1, -0.05) is 30.3 Å². The second kappa shape index (κ2) is 8.09. The summed E-state index contributed by atoms with van der Waals surface area (Å²) in [6.07, 6.45) is 1.62. The highest BCUT2D eigenvalue weighted by atomic mass is 16.6. The van der Waals surface area contributed by atoms with Crippen LogP contribution in [0.25, 0.3) is 0 Å². The molecule has 1 saturated heterocycles. The Kier molecular flexibility index (Phi) is 5.77. The summed E-state index contributed by atoms with van der Waals surface area (Å²) in [4.78, 5) is 27.4. The van der Waals surface area contributed by atoms with E-state index in [-0.39, 0.29) is 11.9 Å². The van der Waals surface area contributed by atoms with Crippen molar-refractivity contribution < 1.29 is 18.7 Å².